The maximum absolute atomic E-state index is 13.1. The van der Waals surface area contributed by atoms with Crippen LogP contribution in [0.25, 0.3) is 10.8 Å². The van der Waals surface area contributed by atoms with Crippen molar-refractivity contribution < 1.29 is 23.9 Å². The molecular weight excluding hydrogens is 344 g/mol. The third kappa shape index (κ3) is 2.67. The number of fused-ring (bicyclic) bond motifs is 3. The van der Waals surface area contributed by atoms with Gasteiger partial charge in [0.2, 0.25) is 0 Å². The van der Waals surface area contributed by atoms with Crippen molar-refractivity contribution in [2.24, 2.45) is 11.8 Å². The van der Waals surface area contributed by atoms with Gasteiger partial charge in [-0.15, -0.1) is 0 Å². The van der Waals surface area contributed by atoms with Crippen LogP contribution in [0, 0.1) is 11.8 Å². The van der Waals surface area contributed by atoms with Crippen LogP contribution in [0.5, 0.6) is 0 Å². The zero-order chi connectivity index (χ0) is 19.1. The second-order valence-electron chi connectivity index (χ2n) is 6.56. The molecule has 0 spiro atoms. The minimum atomic E-state index is -0.732. The lowest BCUT2D eigenvalue weighted by Crippen LogP contribution is -2.37. The SMILES string of the molecule is CCOC1=CC2C(=O)c3cc4ccccc4cc3C(=O)C2C=C1C(=O)OC. The van der Waals surface area contributed by atoms with Crippen LogP contribution in [0.3, 0.4) is 0 Å². The number of carbonyl (C=O) groups is 3. The van der Waals surface area contributed by atoms with E-state index in [1.807, 2.05) is 24.3 Å². The first kappa shape index (κ1) is 17.2. The summed E-state index contributed by atoms with van der Waals surface area (Å²) in [6, 6.07) is 11.1. The van der Waals surface area contributed by atoms with Crippen molar-refractivity contribution in [2.45, 2.75) is 6.92 Å². The fraction of sp³-hybridized carbons (Fsp3) is 0.227. The van der Waals surface area contributed by atoms with Gasteiger partial charge in [-0.1, -0.05) is 30.3 Å². The van der Waals surface area contributed by atoms with Gasteiger partial charge in [-0.2, -0.15) is 0 Å². The van der Waals surface area contributed by atoms with Crippen molar-refractivity contribution in [3.05, 3.63) is 71.0 Å². The van der Waals surface area contributed by atoms with Crippen molar-refractivity contribution in [2.75, 3.05) is 13.7 Å². The third-order valence-electron chi connectivity index (χ3n) is 5.06. The summed E-state index contributed by atoms with van der Waals surface area (Å²) in [7, 11) is 1.27. The number of benzene rings is 2. The number of hydrogen-bond donors (Lipinski definition) is 0. The second-order valence-corrected chi connectivity index (χ2v) is 6.56. The number of ether oxygens (including phenoxy) is 2. The Labute approximate surface area is 156 Å². The molecule has 0 radical (unpaired) electrons. The summed E-state index contributed by atoms with van der Waals surface area (Å²) < 4.78 is 10.3. The lowest BCUT2D eigenvalue weighted by Gasteiger charge is -2.31. The molecule has 0 saturated carbocycles. The minimum absolute atomic E-state index is 0.141. The Morgan fingerprint density at radius 1 is 0.963 bits per heavy atom. The number of esters is 1. The fourth-order valence-electron chi connectivity index (χ4n) is 3.77. The highest BCUT2D eigenvalue weighted by atomic mass is 16.5. The van der Waals surface area contributed by atoms with E-state index in [0.717, 1.165) is 10.8 Å². The number of ketones is 2. The molecule has 5 heteroatoms. The number of carbonyl (C=O) groups excluding carboxylic acids is 3. The lowest BCUT2D eigenvalue weighted by atomic mass is 9.70. The molecule has 2 unspecified atom stereocenters. The monoisotopic (exact) mass is 362 g/mol. The Morgan fingerprint density at radius 3 is 2.04 bits per heavy atom. The number of methoxy groups -OCH3 is 1. The van der Waals surface area contributed by atoms with Crippen molar-refractivity contribution in [1.82, 2.24) is 0 Å². The molecule has 2 aromatic carbocycles. The van der Waals surface area contributed by atoms with E-state index in [2.05, 4.69) is 0 Å². The molecule has 5 nitrogen and oxygen atoms in total. The van der Waals surface area contributed by atoms with Gasteiger partial charge >= 0.3 is 5.97 Å². The Morgan fingerprint density at radius 2 is 1.52 bits per heavy atom. The summed E-state index contributed by atoms with van der Waals surface area (Å²) in [5.74, 6) is -2.02. The van der Waals surface area contributed by atoms with Crippen LogP contribution < -0.4 is 0 Å². The molecule has 0 saturated heterocycles. The summed E-state index contributed by atoms with van der Waals surface area (Å²) in [5, 5.41) is 1.81. The van der Waals surface area contributed by atoms with Gasteiger partial charge in [0.05, 0.1) is 31.1 Å². The zero-order valence-corrected chi connectivity index (χ0v) is 15.0. The Bertz CT molecular complexity index is 1040. The minimum Gasteiger partial charge on any atom is -0.493 e. The normalized spacial score (nSPS) is 21.1. The van der Waals surface area contributed by atoms with Crippen LogP contribution in [-0.4, -0.2) is 31.3 Å². The van der Waals surface area contributed by atoms with E-state index in [-0.39, 0.29) is 22.9 Å². The topological polar surface area (TPSA) is 69.7 Å². The second kappa shape index (κ2) is 6.50. The molecule has 2 aliphatic rings. The summed E-state index contributed by atoms with van der Waals surface area (Å²) in [5.41, 5.74) is 1.00. The highest BCUT2D eigenvalue weighted by Gasteiger charge is 2.43. The Hall–Kier alpha value is -3.21. The van der Waals surface area contributed by atoms with E-state index in [9.17, 15) is 14.4 Å². The highest BCUT2D eigenvalue weighted by Crippen LogP contribution is 2.39. The Balaban J connectivity index is 1.88. The molecule has 0 bridgehead atoms. The van der Waals surface area contributed by atoms with Crippen LogP contribution in [0.15, 0.2) is 59.9 Å². The standard InChI is InChI=1S/C22H18O5/c1-3-27-19-11-17-16(10-18(19)22(25)26-2)20(23)14-8-12-6-4-5-7-13(12)9-15(14)21(17)24/h4-11,16-17H,3H2,1-2H3. The first-order valence-corrected chi connectivity index (χ1v) is 8.81. The summed E-state index contributed by atoms with van der Waals surface area (Å²) in [4.78, 5) is 38.4. The van der Waals surface area contributed by atoms with Crippen LogP contribution >= 0.6 is 0 Å². The van der Waals surface area contributed by atoms with Crippen LogP contribution in [0.1, 0.15) is 27.6 Å². The molecule has 0 aliphatic heterocycles. The molecule has 2 atom stereocenters. The average molecular weight is 362 g/mol. The molecule has 0 fully saturated rings. The number of hydrogen-bond acceptors (Lipinski definition) is 5. The zero-order valence-electron chi connectivity index (χ0n) is 15.0. The smallest absolute Gasteiger partial charge is 0.341 e. The van der Waals surface area contributed by atoms with Crippen LogP contribution in [0.2, 0.25) is 0 Å². The molecule has 136 valence electrons. The number of Topliss-reactive ketones (excluding diaryl/α,β-unsaturated/α-hetero) is 2. The maximum Gasteiger partial charge on any atom is 0.341 e. The van der Waals surface area contributed by atoms with Gasteiger partial charge in [-0.3, -0.25) is 9.59 Å². The van der Waals surface area contributed by atoms with E-state index >= 15 is 0 Å². The number of allylic oxidation sites excluding steroid dienone is 2. The van der Waals surface area contributed by atoms with Crippen LogP contribution in [-0.2, 0) is 14.3 Å². The summed E-state index contributed by atoms with van der Waals surface area (Å²) >= 11 is 0. The maximum atomic E-state index is 13.1. The predicted molar refractivity (Wildman–Crippen MR) is 99.4 cm³/mol. The largest absolute Gasteiger partial charge is 0.493 e. The molecule has 0 heterocycles. The molecule has 0 amide bonds. The van der Waals surface area contributed by atoms with E-state index < -0.39 is 17.8 Å². The highest BCUT2D eigenvalue weighted by molar-refractivity contribution is 6.20. The first-order chi connectivity index (χ1) is 13.0. The van der Waals surface area contributed by atoms with Crippen LogP contribution in [0.4, 0.5) is 0 Å². The molecule has 0 aromatic heterocycles. The van der Waals surface area contributed by atoms with Gasteiger partial charge in [-0.05, 0) is 35.9 Å². The van der Waals surface area contributed by atoms with Gasteiger partial charge in [-0.25, -0.2) is 4.79 Å². The van der Waals surface area contributed by atoms with Gasteiger partial charge in [0.1, 0.15) is 5.76 Å². The molecule has 0 N–H and O–H groups in total. The van der Waals surface area contributed by atoms with E-state index in [0.29, 0.717) is 17.7 Å². The van der Waals surface area contributed by atoms with E-state index in [4.69, 9.17) is 9.47 Å². The van der Waals surface area contributed by atoms with Crippen molar-refractivity contribution in [3.63, 3.8) is 0 Å². The molecule has 2 aliphatic carbocycles. The third-order valence-corrected chi connectivity index (χ3v) is 5.06. The first-order valence-electron chi connectivity index (χ1n) is 8.81. The van der Waals surface area contributed by atoms with Crippen molar-refractivity contribution in [3.8, 4) is 0 Å². The lowest BCUT2D eigenvalue weighted by molar-refractivity contribution is -0.136. The average Bonchev–Trinajstić information content (AvgIpc) is 2.70. The predicted octanol–water partition coefficient (Wildman–Crippen LogP) is 3.48. The fourth-order valence-corrected chi connectivity index (χ4v) is 3.77. The van der Waals surface area contributed by atoms with Gasteiger partial charge in [0.25, 0.3) is 0 Å². The van der Waals surface area contributed by atoms with Crippen molar-refractivity contribution in [1.29, 1.82) is 0 Å². The Kier molecular flexibility index (Phi) is 4.15. The molecular formula is C22H18O5. The van der Waals surface area contributed by atoms with E-state index in [1.165, 1.54) is 13.2 Å². The van der Waals surface area contributed by atoms with Crippen molar-refractivity contribution >= 4 is 28.3 Å². The summed E-state index contributed by atoms with van der Waals surface area (Å²) in [6.45, 7) is 2.12. The molecule has 27 heavy (non-hydrogen) atoms. The van der Waals surface area contributed by atoms with Gasteiger partial charge in [0, 0.05) is 11.1 Å². The van der Waals surface area contributed by atoms with Gasteiger partial charge < -0.3 is 9.47 Å². The number of rotatable bonds is 3. The molecule has 4 rings (SSSR count). The van der Waals surface area contributed by atoms with E-state index in [1.54, 1.807) is 25.1 Å². The molecule has 2 aromatic rings. The van der Waals surface area contributed by atoms with Gasteiger partial charge in [0.15, 0.2) is 11.6 Å². The quantitative estimate of drug-likeness (QED) is 0.782. The summed E-state index contributed by atoms with van der Waals surface area (Å²) in [6.07, 6.45) is 3.10.